The number of benzene rings is 1. The molecule has 106 valence electrons. The molecule has 2 unspecified atom stereocenters. The summed E-state index contributed by atoms with van der Waals surface area (Å²) in [7, 11) is 2.21. The third-order valence-electron chi connectivity index (χ3n) is 4.69. The van der Waals surface area contributed by atoms with Gasteiger partial charge in [-0.05, 0) is 45.9 Å². The number of rotatable bonds is 4. The summed E-state index contributed by atoms with van der Waals surface area (Å²) in [5.74, 6) is 0. The van der Waals surface area contributed by atoms with Crippen molar-refractivity contribution in [1.82, 2.24) is 4.90 Å². The summed E-state index contributed by atoms with van der Waals surface area (Å²) < 4.78 is 0. The van der Waals surface area contributed by atoms with Crippen molar-refractivity contribution < 1.29 is 0 Å². The largest absolute Gasteiger partial charge is 0.365 e. The van der Waals surface area contributed by atoms with Gasteiger partial charge in [0.1, 0.15) is 0 Å². The average Bonchev–Trinajstić information content (AvgIpc) is 2.45. The first-order valence-corrected chi connectivity index (χ1v) is 7.36. The molecule has 1 saturated heterocycles. The minimum atomic E-state index is 0.113. The van der Waals surface area contributed by atoms with Crippen LogP contribution in [0.5, 0.6) is 0 Å². The van der Waals surface area contributed by atoms with Crippen LogP contribution in [-0.2, 0) is 0 Å². The van der Waals surface area contributed by atoms with E-state index in [1.54, 1.807) is 0 Å². The molecule has 0 spiro atoms. The zero-order chi connectivity index (χ0) is 13.9. The molecule has 2 atom stereocenters. The number of hydrogen-bond acceptors (Lipinski definition) is 3. The van der Waals surface area contributed by atoms with E-state index in [4.69, 9.17) is 5.73 Å². The zero-order valence-corrected chi connectivity index (χ0v) is 12.5. The van der Waals surface area contributed by atoms with Crippen LogP contribution in [0.15, 0.2) is 30.3 Å². The van der Waals surface area contributed by atoms with Gasteiger partial charge >= 0.3 is 0 Å². The lowest BCUT2D eigenvalue weighted by molar-refractivity contribution is 0.130. The van der Waals surface area contributed by atoms with Crippen LogP contribution >= 0.6 is 0 Å². The van der Waals surface area contributed by atoms with Crippen molar-refractivity contribution in [3.05, 3.63) is 30.3 Å². The first-order valence-electron chi connectivity index (χ1n) is 7.36. The molecule has 0 bridgehead atoms. The number of nitrogens with two attached hydrogens (primary N) is 1. The SMILES string of the molecule is CCN(c1ccccc1)C1(CN)CCN(C)C(C)C1. The lowest BCUT2D eigenvalue weighted by Crippen LogP contribution is -2.61. The highest BCUT2D eigenvalue weighted by molar-refractivity contribution is 5.49. The van der Waals surface area contributed by atoms with E-state index in [0.29, 0.717) is 6.04 Å². The van der Waals surface area contributed by atoms with Crippen LogP contribution in [0.25, 0.3) is 0 Å². The van der Waals surface area contributed by atoms with Gasteiger partial charge in [-0.1, -0.05) is 18.2 Å². The molecule has 0 aliphatic carbocycles. The Morgan fingerprint density at radius 2 is 2.05 bits per heavy atom. The van der Waals surface area contributed by atoms with Crippen LogP contribution in [-0.4, -0.2) is 43.2 Å². The van der Waals surface area contributed by atoms with E-state index < -0.39 is 0 Å². The number of likely N-dealkylation sites (N-methyl/N-ethyl adjacent to an activating group) is 1. The molecule has 0 aromatic heterocycles. The second-order valence-corrected chi connectivity index (χ2v) is 5.79. The van der Waals surface area contributed by atoms with Crippen LogP contribution < -0.4 is 10.6 Å². The third kappa shape index (κ3) is 2.77. The van der Waals surface area contributed by atoms with E-state index in [1.807, 2.05) is 0 Å². The van der Waals surface area contributed by atoms with Gasteiger partial charge in [0, 0.05) is 31.4 Å². The van der Waals surface area contributed by atoms with E-state index in [2.05, 4.69) is 61.0 Å². The molecule has 1 aromatic carbocycles. The summed E-state index contributed by atoms with van der Waals surface area (Å²) in [6.07, 6.45) is 2.29. The van der Waals surface area contributed by atoms with E-state index in [9.17, 15) is 0 Å². The first kappa shape index (κ1) is 14.4. The van der Waals surface area contributed by atoms with Crippen LogP contribution in [0.3, 0.4) is 0 Å². The highest BCUT2D eigenvalue weighted by atomic mass is 15.2. The predicted molar refractivity (Wildman–Crippen MR) is 82.6 cm³/mol. The summed E-state index contributed by atoms with van der Waals surface area (Å²) in [6, 6.07) is 11.3. The van der Waals surface area contributed by atoms with Gasteiger partial charge in [-0.25, -0.2) is 0 Å². The monoisotopic (exact) mass is 261 g/mol. The molecule has 1 aromatic rings. The summed E-state index contributed by atoms with van der Waals surface area (Å²) in [4.78, 5) is 4.95. The van der Waals surface area contributed by atoms with Gasteiger partial charge in [-0.3, -0.25) is 0 Å². The van der Waals surface area contributed by atoms with Gasteiger partial charge in [0.2, 0.25) is 0 Å². The first-order chi connectivity index (χ1) is 9.13. The molecule has 0 amide bonds. The topological polar surface area (TPSA) is 32.5 Å². The summed E-state index contributed by atoms with van der Waals surface area (Å²) >= 11 is 0. The molecule has 19 heavy (non-hydrogen) atoms. The maximum absolute atomic E-state index is 6.20. The van der Waals surface area contributed by atoms with Crippen molar-refractivity contribution in [2.24, 2.45) is 5.73 Å². The van der Waals surface area contributed by atoms with Gasteiger partial charge in [-0.15, -0.1) is 0 Å². The Bertz CT molecular complexity index is 392. The van der Waals surface area contributed by atoms with Gasteiger partial charge in [0.25, 0.3) is 0 Å². The van der Waals surface area contributed by atoms with E-state index in [1.165, 1.54) is 5.69 Å². The van der Waals surface area contributed by atoms with Crippen LogP contribution in [0, 0.1) is 0 Å². The minimum Gasteiger partial charge on any atom is -0.365 e. The molecule has 2 N–H and O–H groups in total. The van der Waals surface area contributed by atoms with Crippen molar-refractivity contribution in [3.63, 3.8) is 0 Å². The maximum Gasteiger partial charge on any atom is 0.0551 e. The molecular weight excluding hydrogens is 234 g/mol. The normalized spacial score (nSPS) is 28.3. The van der Waals surface area contributed by atoms with E-state index in [0.717, 1.165) is 32.5 Å². The molecule has 1 aliphatic rings. The molecular formula is C16H27N3. The fourth-order valence-corrected chi connectivity index (χ4v) is 3.35. The molecule has 0 radical (unpaired) electrons. The third-order valence-corrected chi connectivity index (χ3v) is 4.69. The Kier molecular flexibility index (Phi) is 4.48. The Balaban J connectivity index is 2.28. The maximum atomic E-state index is 6.20. The zero-order valence-electron chi connectivity index (χ0n) is 12.5. The lowest BCUT2D eigenvalue weighted by atomic mass is 9.81. The molecule has 1 fully saturated rings. The molecule has 1 aliphatic heterocycles. The standard InChI is InChI=1S/C16H27N3/c1-4-19(15-8-6-5-7-9-15)16(13-17)10-11-18(3)14(2)12-16/h5-9,14H,4,10-13,17H2,1-3H3. The average molecular weight is 261 g/mol. The lowest BCUT2D eigenvalue weighted by Gasteiger charge is -2.51. The van der Waals surface area contributed by atoms with Gasteiger partial charge in [-0.2, -0.15) is 0 Å². The Morgan fingerprint density at radius 1 is 1.37 bits per heavy atom. The molecule has 3 heteroatoms. The molecule has 0 saturated carbocycles. The van der Waals surface area contributed by atoms with Crippen LogP contribution in [0.4, 0.5) is 5.69 Å². The molecule has 1 heterocycles. The summed E-state index contributed by atoms with van der Waals surface area (Å²) in [5.41, 5.74) is 7.61. The van der Waals surface area contributed by atoms with E-state index in [-0.39, 0.29) is 5.54 Å². The quantitative estimate of drug-likeness (QED) is 0.903. The number of nitrogens with zero attached hydrogens (tertiary/aromatic N) is 2. The summed E-state index contributed by atoms with van der Waals surface area (Å²) in [5, 5.41) is 0. The molecule has 2 rings (SSSR count). The van der Waals surface area contributed by atoms with Crippen LogP contribution in [0.1, 0.15) is 26.7 Å². The Hall–Kier alpha value is -1.06. The van der Waals surface area contributed by atoms with Gasteiger partial charge in [0.05, 0.1) is 5.54 Å². The van der Waals surface area contributed by atoms with Gasteiger partial charge in [0.15, 0.2) is 0 Å². The van der Waals surface area contributed by atoms with Gasteiger partial charge < -0.3 is 15.5 Å². The fourth-order valence-electron chi connectivity index (χ4n) is 3.35. The van der Waals surface area contributed by atoms with E-state index >= 15 is 0 Å². The number of likely N-dealkylation sites (tertiary alicyclic amines) is 1. The fraction of sp³-hybridized carbons (Fsp3) is 0.625. The Labute approximate surface area is 117 Å². The van der Waals surface area contributed by atoms with Crippen molar-refractivity contribution in [3.8, 4) is 0 Å². The summed E-state index contributed by atoms with van der Waals surface area (Å²) in [6.45, 7) is 7.41. The predicted octanol–water partition coefficient (Wildman–Crippen LogP) is 2.32. The van der Waals surface area contributed by atoms with Crippen molar-refractivity contribution in [2.75, 3.05) is 31.6 Å². The Morgan fingerprint density at radius 3 is 2.58 bits per heavy atom. The second-order valence-electron chi connectivity index (χ2n) is 5.79. The van der Waals surface area contributed by atoms with Crippen molar-refractivity contribution in [2.45, 2.75) is 38.3 Å². The highest BCUT2D eigenvalue weighted by Gasteiger charge is 2.40. The number of para-hydroxylation sites is 1. The number of hydrogen-bond donors (Lipinski definition) is 1. The van der Waals surface area contributed by atoms with Crippen molar-refractivity contribution in [1.29, 1.82) is 0 Å². The molecule has 3 nitrogen and oxygen atoms in total. The van der Waals surface area contributed by atoms with Crippen LogP contribution in [0.2, 0.25) is 0 Å². The smallest absolute Gasteiger partial charge is 0.0551 e. The highest BCUT2D eigenvalue weighted by Crippen LogP contribution is 2.34. The minimum absolute atomic E-state index is 0.113. The number of anilines is 1. The second kappa shape index (κ2) is 5.93. The number of piperidine rings is 1. The van der Waals surface area contributed by atoms with Crippen molar-refractivity contribution >= 4 is 5.69 Å².